The number of aromatic nitrogens is 1. The second-order valence-electron chi connectivity index (χ2n) is 9.01. The molecule has 9 heteroatoms. The zero-order valence-corrected chi connectivity index (χ0v) is 17.5. The standard InChI is InChI=1S/C22H28FN3O5/c23-16-6-8-24-21-20(16)14-2-4-15(5-3-14)30-10-17-22(13-29-11-18(27)25-22)7-1-9-26(17)19(28)12-31-21/h6,8,14-15,17H,1-5,7,9-13H2,(H,25,27)/t14?,15?,17-,22+/m0/s1. The molecule has 2 amide bonds. The Kier molecular flexibility index (Phi) is 5.56. The van der Waals surface area contributed by atoms with Crippen LogP contribution in [-0.4, -0.2) is 72.4 Å². The van der Waals surface area contributed by atoms with Gasteiger partial charge in [-0.3, -0.25) is 9.59 Å². The van der Waals surface area contributed by atoms with Crippen LogP contribution < -0.4 is 10.1 Å². The number of halogens is 1. The number of piperidine rings is 1. The summed E-state index contributed by atoms with van der Waals surface area (Å²) in [5.41, 5.74) is -0.198. The largest absolute Gasteiger partial charge is 0.467 e. The number of nitrogens with zero attached hydrogens (tertiary/aromatic N) is 2. The van der Waals surface area contributed by atoms with Gasteiger partial charge >= 0.3 is 0 Å². The van der Waals surface area contributed by atoms with Crippen LogP contribution in [0.4, 0.5) is 4.39 Å². The van der Waals surface area contributed by atoms with E-state index < -0.39 is 5.54 Å². The van der Waals surface area contributed by atoms with Crippen molar-refractivity contribution in [3.63, 3.8) is 0 Å². The van der Waals surface area contributed by atoms with E-state index in [-0.39, 0.29) is 54.8 Å². The molecule has 8 nitrogen and oxygen atoms in total. The Morgan fingerprint density at radius 2 is 2.03 bits per heavy atom. The maximum atomic E-state index is 14.7. The van der Waals surface area contributed by atoms with Gasteiger partial charge in [-0.2, -0.15) is 0 Å². The highest BCUT2D eigenvalue weighted by molar-refractivity contribution is 5.81. The van der Waals surface area contributed by atoms with Gasteiger partial charge in [0.05, 0.1) is 36.5 Å². The number of ether oxygens (including phenoxy) is 3. The van der Waals surface area contributed by atoms with Crippen LogP contribution in [0, 0.1) is 5.82 Å². The highest BCUT2D eigenvalue weighted by atomic mass is 19.1. The monoisotopic (exact) mass is 433 g/mol. The van der Waals surface area contributed by atoms with Crippen molar-refractivity contribution in [2.24, 2.45) is 0 Å². The first kappa shape index (κ1) is 20.6. The normalized spacial score (nSPS) is 34.0. The Hall–Kier alpha value is -2.26. The molecule has 1 aliphatic carbocycles. The van der Waals surface area contributed by atoms with Crippen molar-refractivity contribution >= 4 is 11.8 Å². The molecule has 0 radical (unpaired) electrons. The van der Waals surface area contributed by atoms with Crippen molar-refractivity contribution < 1.29 is 28.2 Å². The number of carbonyl (C=O) groups excluding carboxylic acids is 2. The number of nitrogens with one attached hydrogen (secondary N) is 1. The minimum Gasteiger partial charge on any atom is -0.467 e. The summed E-state index contributed by atoms with van der Waals surface area (Å²) in [7, 11) is 0. The van der Waals surface area contributed by atoms with Gasteiger partial charge in [0.25, 0.3) is 5.91 Å². The molecule has 168 valence electrons. The zero-order chi connectivity index (χ0) is 21.4. The molecule has 1 aromatic heterocycles. The summed E-state index contributed by atoms with van der Waals surface area (Å²) in [4.78, 5) is 31.3. The lowest BCUT2D eigenvalue weighted by Crippen LogP contribution is -2.72. The van der Waals surface area contributed by atoms with Crippen LogP contribution in [0.25, 0.3) is 0 Å². The average molecular weight is 433 g/mol. The van der Waals surface area contributed by atoms with Crippen molar-refractivity contribution in [3.8, 4) is 5.88 Å². The summed E-state index contributed by atoms with van der Waals surface area (Å²) >= 11 is 0. The summed E-state index contributed by atoms with van der Waals surface area (Å²) in [6.07, 6.45) is 6.02. The second kappa shape index (κ2) is 8.35. The van der Waals surface area contributed by atoms with Gasteiger partial charge in [0.2, 0.25) is 11.8 Å². The lowest BCUT2D eigenvalue weighted by atomic mass is 9.80. The van der Waals surface area contributed by atoms with Crippen molar-refractivity contribution in [1.82, 2.24) is 15.2 Å². The van der Waals surface area contributed by atoms with Crippen LogP contribution in [0.1, 0.15) is 50.0 Å². The quantitative estimate of drug-likeness (QED) is 0.668. The van der Waals surface area contributed by atoms with Gasteiger partial charge in [0.1, 0.15) is 12.4 Å². The van der Waals surface area contributed by atoms with E-state index in [0.29, 0.717) is 25.3 Å². The number of fused-ring (bicyclic) bond motifs is 5. The molecule has 6 rings (SSSR count). The van der Waals surface area contributed by atoms with E-state index >= 15 is 0 Å². The minimum atomic E-state index is -0.664. The summed E-state index contributed by atoms with van der Waals surface area (Å²) in [5.74, 6) is -0.535. The number of hydrogen-bond acceptors (Lipinski definition) is 6. The minimum absolute atomic E-state index is 0.000589. The first-order valence-corrected chi connectivity index (χ1v) is 11.1. The first-order chi connectivity index (χ1) is 15.1. The van der Waals surface area contributed by atoms with Gasteiger partial charge in [-0.25, -0.2) is 9.37 Å². The summed E-state index contributed by atoms with van der Waals surface area (Å²) in [6, 6.07) is 1.00. The third-order valence-corrected chi connectivity index (χ3v) is 7.14. The Balaban J connectivity index is 1.47. The second-order valence-corrected chi connectivity index (χ2v) is 9.01. The zero-order valence-electron chi connectivity index (χ0n) is 17.5. The fraction of sp³-hybridized carbons (Fsp3) is 0.682. The van der Waals surface area contributed by atoms with E-state index in [4.69, 9.17) is 14.2 Å². The van der Waals surface area contributed by atoms with Gasteiger partial charge in [0, 0.05) is 12.7 Å². The molecule has 5 aliphatic rings. The summed E-state index contributed by atoms with van der Waals surface area (Å²) in [5, 5.41) is 3.10. The fourth-order valence-electron chi connectivity index (χ4n) is 5.60. The number of amides is 2. The van der Waals surface area contributed by atoms with Crippen LogP contribution in [-0.2, 0) is 19.1 Å². The van der Waals surface area contributed by atoms with E-state index in [1.807, 2.05) is 0 Å². The molecule has 31 heavy (non-hydrogen) atoms. The molecule has 2 atom stereocenters. The molecule has 1 N–H and O–H groups in total. The highest BCUT2D eigenvalue weighted by Crippen LogP contribution is 2.40. The lowest BCUT2D eigenvalue weighted by Gasteiger charge is -2.51. The Morgan fingerprint density at radius 1 is 1.19 bits per heavy atom. The molecule has 5 heterocycles. The van der Waals surface area contributed by atoms with Gasteiger partial charge in [0.15, 0.2) is 6.61 Å². The smallest absolute Gasteiger partial charge is 0.260 e. The Labute approximate surface area is 180 Å². The molecule has 2 bridgehead atoms. The maximum absolute atomic E-state index is 14.7. The molecular weight excluding hydrogens is 405 g/mol. The molecule has 0 unspecified atom stereocenters. The number of pyridine rings is 1. The van der Waals surface area contributed by atoms with Gasteiger partial charge < -0.3 is 24.4 Å². The molecule has 1 spiro atoms. The van der Waals surface area contributed by atoms with Gasteiger partial charge in [-0.15, -0.1) is 0 Å². The fourth-order valence-corrected chi connectivity index (χ4v) is 5.60. The third kappa shape index (κ3) is 3.89. The summed E-state index contributed by atoms with van der Waals surface area (Å²) < 4.78 is 32.3. The van der Waals surface area contributed by atoms with Crippen LogP contribution in [0.15, 0.2) is 12.3 Å². The van der Waals surface area contributed by atoms with E-state index in [9.17, 15) is 14.0 Å². The molecule has 2 saturated heterocycles. The van der Waals surface area contributed by atoms with Gasteiger partial charge in [-0.1, -0.05) is 0 Å². The van der Waals surface area contributed by atoms with Crippen LogP contribution in [0.2, 0.25) is 0 Å². The van der Waals surface area contributed by atoms with E-state index in [1.165, 1.54) is 12.3 Å². The number of hydrogen-bond donors (Lipinski definition) is 1. The van der Waals surface area contributed by atoms with Crippen molar-refractivity contribution in [2.45, 2.75) is 62.1 Å². The van der Waals surface area contributed by atoms with Gasteiger partial charge in [-0.05, 0) is 50.5 Å². The lowest BCUT2D eigenvalue weighted by molar-refractivity contribution is -0.156. The highest BCUT2D eigenvalue weighted by Gasteiger charge is 2.50. The molecular formula is C22H28FN3O5. The van der Waals surface area contributed by atoms with Crippen molar-refractivity contribution in [2.75, 3.05) is 33.0 Å². The van der Waals surface area contributed by atoms with Crippen LogP contribution in [0.3, 0.4) is 0 Å². The first-order valence-electron chi connectivity index (χ1n) is 11.1. The van der Waals surface area contributed by atoms with Crippen LogP contribution >= 0.6 is 0 Å². The maximum Gasteiger partial charge on any atom is 0.260 e. The number of morpholine rings is 1. The topological polar surface area (TPSA) is 90.0 Å². The SMILES string of the molecule is O=C1COC[C@@]2(CCCN3C(=O)COc4nccc(F)c4C4CCC(CC4)OC[C@H]32)N1. The van der Waals surface area contributed by atoms with E-state index in [1.54, 1.807) is 4.90 Å². The van der Waals surface area contributed by atoms with E-state index in [0.717, 1.165) is 38.5 Å². The van der Waals surface area contributed by atoms with E-state index in [2.05, 4.69) is 10.3 Å². The summed E-state index contributed by atoms with van der Waals surface area (Å²) in [6.45, 7) is 1.01. The molecule has 1 aromatic rings. The van der Waals surface area contributed by atoms with Crippen molar-refractivity contribution in [1.29, 1.82) is 0 Å². The number of rotatable bonds is 0. The van der Waals surface area contributed by atoms with Crippen molar-refractivity contribution in [3.05, 3.63) is 23.6 Å². The molecule has 0 aromatic carbocycles. The molecule has 1 saturated carbocycles. The number of carbonyl (C=O) groups is 2. The third-order valence-electron chi connectivity index (χ3n) is 7.14. The predicted octanol–water partition coefficient (Wildman–Crippen LogP) is 1.53. The molecule has 3 fully saturated rings. The Bertz CT molecular complexity index is 856. The predicted molar refractivity (Wildman–Crippen MR) is 107 cm³/mol. The van der Waals surface area contributed by atoms with Crippen LogP contribution in [0.5, 0.6) is 5.88 Å². The Morgan fingerprint density at radius 3 is 2.84 bits per heavy atom. The molecule has 4 aliphatic heterocycles. The average Bonchev–Trinajstić information content (AvgIpc) is 2.78.